The Kier molecular flexibility index (Phi) is 2.04. The van der Waals surface area contributed by atoms with Crippen molar-refractivity contribution < 1.29 is 9.90 Å². The minimum atomic E-state index is -0.259. The summed E-state index contributed by atoms with van der Waals surface area (Å²) in [6, 6.07) is -0.259. The van der Waals surface area contributed by atoms with E-state index in [1.165, 1.54) is 0 Å². The Bertz CT molecular complexity index is 226. The van der Waals surface area contributed by atoms with Crippen LogP contribution in [0.4, 0.5) is 0 Å². The van der Waals surface area contributed by atoms with Crippen molar-refractivity contribution in [3.63, 3.8) is 0 Å². The molecule has 1 aliphatic carbocycles. The van der Waals surface area contributed by atoms with E-state index < -0.39 is 0 Å². The number of aliphatic hydroxyl groups is 1. The Hall–Kier alpha value is -0.610. The Morgan fingerprint density at radius 1 is 1.62 bits per heavy atom. The van der Waals surface area contributed by atoms with E-state index in [1.54, 1.807) is 0 Å². The summed E-state index contributed by atoms with van der Waals surface area (Å²) in [7, 11) is 0. The number of aliphatic hydroxyl groups excluding tert-OH is 1. The van der Waals surface area contributed by atoms with Gasteiger partial charge in [-0.3, -0.25) is 4.79 Å². The van der Waals surface area contributed by atoms with Gasteiger partial charge in [0.1, 0.15) is 6.04 Å². The molecule has 0 radical (unpaired) electrons. The first kappa shape index (κ1) is 8.97. The van der Waals surface area contributed by atoms with Crippen LogP contribution in [0.2, 0.25) is 0 Å². The quantitative estimate of drug-likeness (QED) is 0.569. The molecule has 2 fully saturated rings. The molecule has 1 atom stereocenters. The van der Waals surface area contributed by atoms with Gasteiger partial charge in [-0.2, -0.15) is 0 Å². The molecular formula is C9H16N2O2. The summed E-state index contributed by atoms with van der Waals surface area (Å²) in [4.78, 5) is 13.0. The Morgan fingerprint density at radius 2 is 2.31 bits per heavy atom. The fourth-order valence-corrected chi connectivity index (χ4v) is 1.98. The third-order valence-corrected chi connectivity index (χ3v) is 3.17. The van der Waals surface area contributed by atoms with Crippen LogP contribution in [0.15, 0.2) is 0 Å². The van der Waals surface area contributed by atoms with Gasteiger partial charge in [0.25, 0.3) is 0 Å². The summed E-state index contributed by atoms with van der Waals surface area (Å²) in [5.74, 6) is 0.0733. The van der Waals surface area contributed by atoms with Crippen molar-refractivity contribution in [2.45, 2.75) is 25.3 Å². The number of nitrogens with two attached hydrogens (primary N) is 1. The predicted molar refractivity (Wildman–Crippen MR) is 47.9 cm³/mol. The highest BCUT2D eigenvalue weighted by Crippen LogP contribution is 2.49. The van der Waals surface area contributed by atoms with E-state index in [9.17, 15) is 4.79 Å². The molecule has 0 aromatic heterocycles. The minimum absolute atomic E-state index is 0.0733. The third-order valence-electron chi connectivity index (χ3n) is 3.17. The summed E-state index contributed by atoms with van der Waals surface area (Å²) >= 11 is 0. The molecular weight excluding hydrogens is 168 g/mol. The van der Waals surface area contributed by atoms with Crippen LogP contribution >= 0.6 is 0 Å². The van der Waals surface area contributed by atoms with E-state index >= 15 is 0 Å². The van der Waals surface area contributed by atoms with Crippen molar-refractivity contribution in [1.29, 1.82) is 0 Å². The maximum absolute atomic E-state index is 11.2. The number of carbonyl (C=O) groups excluding carboxylic acids is 1. The zero-order chi connectivity index (χ0) is 9.47. The van der Waals surface area contributed by atoms with E-state index in [2.05, 4.69) is 0 Å². The zero-order valence-electron chi connectivity index (χ0n) is 7.70. The second kappa shape index (κ2) is 2.96. The lowest BCUT2D eigenvalue weighted by molar-refractivity contribution is -0.143. The van der Waals surface area contributed by atoms with Gasteiger partial charge >= 0.3 is 0 Å². The van der Waals surface area contributed by atoms with Gasteiger partial charge in [-0.25, -0.2) is 0 Å². The number of β-lactam (4-membered cyclic amide) rings is 1. The van der Waals surface area contributed by atoms with Crippen molar-refractivity contribution >= 4 is 5.91 Å². The molecule has 1 aliphatic heterocycles. The van der Waals surface area contributed by atoms with E-state index in [-0.39, 0.29) is 24.0 Å². The lowest BCUT2D eigenvalue weighted by Gasteiger charge is -2.38. The van der Waals surface area contributed by atoms with E-state index in [4.69, 9.17) is 10.8 Å². The summed E-state index contributed by atoms with van der Waals surface area (Å²) in [5.41, 5.74) is 5.73. The van der Waals surface area contributed by atoms with E-state index in [1.807, 2.05) is 4.90 Å². The number of likely N-dealkylation sites (tertiary alicyclic amines) is 1. The largest absolute Gasteiger partial charge is 0.396 e. The minimum Gasteiger partial charge on any atom is -0.396 e. The van der Waals surface area contributed by atoms with Crippen molar-refractivity contribution in [1.82, 2.24) is 4.90 Å². The maximum Gasteiger partial charge on any atom is 0.241 e. The van der Waals surface area contributed by atoms with Crippen molar-refractivity contribution in [2.24, 2.45) is 11.1 Å². The topological polar surface area (TPSA) is 66.6 Å². The van der Waals surface area contributed by atoms with Crippen LogP contribution in [0.3, 0.4) is 0 Å². The summed E-state index contributed by atoms with van der Waals surface area (Å²) in [6.07, 6.45) is 3.12. The highest BCUT2D eigenvalue weighted by atomic mass is 16.3. The van der Waals surface area contributed by atoms with Gasteiger partial charge in [0.15, 0.2) is 0 Å². The summed E-state index contributed by atoms with van der Waals surface area (Å²) < 4.78 is 0. The molecule has 2 rings (SSSR count). The summed E-state index contributed by atoms with van der Waals surface area (Å²) in [6.45, 7) is 1.74. The number of hydrogen-bond acceptors (Lipinski definition) is 3. The number of nitrogens with zero attached hydrogens (tertiary/aromatic N) is 1. The zero-order valence-corrected chi connectivity index (χ0v) is 7.70. The third kappa shape index (κ3) is 1.56. The standard InChI is InChI=1S/C9H16N2O2/c10-7-5-11(8(7)13)6-9(1-2-9)3-4-12/h7,12H,1-6,10H2. The average molecular weight is 184 g/mol. The molecule has 2 aliphatic rings. The first-order valence-electron chi connectivity index (χ1n) is 4.82. The molecule has 4 heteroatoms. The second-order valence-corrected chi connectivity index (χ2v) is 4.30. The predicted octanol–water partition coefficient (Wildman–Crippen LogP) is -0.681. The molecule has 0 bridgehead atoms. The molecule has 1 unspecified atom stereocenters. The molecule has 4 nitrogen and oxygen atoms in total. The first-order valence-corrected chi connectivity index (χ1v) is 4.82. The molecule has 74 valence electrons. The number of amides is 1. The molecule has 0 aromatic rings. The van der Waals surface area contributed by atoms with Crippen LogP contribution in [0.5, 0.6) is 0 Å². The van der Waals surface area contributed by atoms with E-state index in [0.29, 0.717) is 6.54 Å². The molecule has 0 spiro atoms. The highest BCUT2D eigenvalue weighted by molar-refractivity contribution is 5.87. The number of carbonyl (C=O) groups is 1. The van der Waals surface area contributed by atoms with Crippen molar-refractivity contribution in [2.75, 3.05) is 19.7 Å². The van der Waals surface area contributed by atoms with Gasteiger partial charge in [0.05, 0.1) is 0 Å². The molecule has 3 N–H and O–H groups in total. The highest BCUT2D eigenvalue weighted by Gasteiger charge is 2.47. The second-order valence-electron chi connectivity index (χ2n) is 4.30. The Balaban J connectivity index is 1.82. The van der Waals surface area contributed by atoms with Gasteiger partial charge < -0.3 is 15.7 Å². The SMILES string of the molecule is NC1CN(CC2(CCO)CC2)C1=O. The Labute approximate surface area is 77.7 Å². The average Bonchev–Trinajstić information content (AvgIpc) is 2.85. The van der Waals surface area contributed by atoms with Gasteiger partial charge in [-0.1, -0.05) is 0 Å². The van der Waals surface area contributed by atoms with Crippen LogP contribution in [-0.4, -0.2) is 41.7 Å². The number of hydrogen-bond donors (Lipinski definition) is 2. The smallest absolute Gasteiger partial charge is 0.241 e. The van der Waals surface area contributed by atoms with Crippen molar-refractivity contribution in [3.8, 4) is 0 Å². The molecule has 0 aromatic carbocycles. The van der Waals surface area contributed by atoms with Crippen LogP contribution in [0.1, 0.15) is 19.3 Å². The monoisotopic (exact) mass is 184 g/mol. The molecule has 1 saturated heterocycles. The van der Waals surface area contributed by atoms with Gasteiger partial charge in [-0.15, -0.1) is 0 Å². The fraction of sp³-hybridized carbons (Fsp3) is 0.889. The Morgan fingerprint density at radius 3 is 2.69 bits per heavy atom. The molecule has 1 amide bonds. The lowest BCUT2D eigenvalue weighted by atomic mass is 9.99. The van der Waals surface area contributed by atoms with Crippen LogP contribution in [0.25, 0.3) is 0 Å². The van der Waals surface area contributed by atoms with Crippen molar-refractivity contribution in [3.05, 3.63) is 0 Å². The number of rotatable bonds is 4. The van der Waals surface area contributed by atoms with Gasteiger partial charge in [-0.05, 0) is 24.7 Å². The first-order chi connectivity index (χ1) is 6.17. The fourth-order valence-electron chi connectivity index (χ4n) is 1.98. The van der Waals surface area contributed by atoms with Gasteiger partial charge in [0.2, 0.25) is 5.91 Å². The van der Waals surface area contributed by atoms with Gasteiger partial charge in [0, 0.05) is 19.7 Å². The van der Waals surface area contributed by atoms with Crippen LogP contribution in [-0.2, 0) is 4.79 Å². The van der Waals surface area contributed by atoms with E-state index in [0.717, 1.165) is 25.8 Å². The summed E-state index contributed by atoms with van der Waals surface area (Å²) in [5, 5.41) is 8.84. The maximum atomic E-state index is 11.2. The lowest BCUT2D eigenvalue weighted by Crippen LogP contribution is -2.62. The normalized spacial score (nSPS) is 30.2. The molecule has 13 heavy (non-hydrogen) atoms. The molecule has 1 saturated carbocycles. The van der Waals surface area contributed by atoms with Crippen LogP contribution in [0, 0.1) is 5.41 Å². The van der Waals surface area contributed by atoms with Crippen LogP contribution < -0.4 is 5.73 Å². The molecule has 1 heterocycles.